The number of alkyl halides is 1. The number of aromatic nitrogens is 2. The lowest BCUT2D eigenvalue weighted by molar-refractivity contribution is 0.527. The molecule has 2 aromatic rings. The summed E-state index contributed by atoms with van der Waals surface area (Å²) in [4.78, 5) is 0. The smallest absolute Gasteiger partial charge is 0.249 e. The Hall–Kier alpha value is -0.390. The van der Waals surface area contributed by atoms with Gasteiger partial charge in [0, 0.05) is 15.2 Å². The van der Waals surface area contributed by atoms with Crippen molar-refractivity contribution in [2.45, 2.75) is 5.88 Å². The van der Waals surface area contributed by atoms with Crippen LogP contribution in [0, 0.1) is 0 Å². The van der Waals surface area contributed by atoms with Gasteiger partial charge in [-0.3, -0.25) is 0 Å². The molecule has 0 atom stereocenters. The van der Waals surface area contributed by atoms with Gasteiger partial charge in [0.05, 0.1) is 5.56 Å². The Bertz CT molecular complexity index is 414. The van der Waals surface area contributed by atoms with Gasteiger partial charge in [-0.1, -0.05) is 0 Å². The van der Waals surface area contributed by atoms with Crippen LogP contribution >= 0.6 is 38.9 Å². The maximum atomic E-state index is 5.54. The van der Waals surface area contributed by atoms with Crippen molar-refractivity contribution in [1.29, 1.82) is 0 Å². The number of rotatable bonds is 2. The Labute approximate surface area is 91.9 Å². The average molecular weight is 280 g/mol. The van der Waals surface area contributed by atoms with Crippen LogP contribution in [-0.2, 0) is 5.88 Å². The summed E-state index contributed by atoms with van der Waals surface area (Å²) in [5.41, 5.74) is 0.911. The van der Waals surface area contributed by atoms with Crippen molar-refractivity contribution >= 4 is 38.9 Å². The Morgan fingerprint density at radius 2 is 2.31 bits per heavy atom. The van der Waals surface area contributed by atoms with E-state index in [0.717, 1.165) is 10.0 Å². The molecular weight excluding hydrogens is 276 g/mol. The van der Waals surface area contributed by atoms with Crippen molar-refractivity contribution in [3.05, 3.63) is 21.1 Å². The lowest BCUT2D eigenvalue weighted by atomic mass is 10.3. The second-order valence-corrected chi connectivity index (χ2v) is 4.13. The minimum absolute atomic E-state index is 0.245. The van der Waals surface area contributed by atoms with E-state index in [-0.39, 0.29) is 5.88 Å². The summed E-state index contributed by atoms with van der Waals surface area (Å²) in [6.45, 7) is 0. The van der Waals surface area contributed by atoms with E-state index in [9.17, 15) is 0 Å². The molecule has 13 heavy (non-hydrogen) atoms. The topological polar surface area (TPSA) is 38.9 Å². The largest absolute Gasteiger partial charge is 0.419 e. The first-order valence-electron chi connectivity index (χ1n) is 3.41. The highest BCUT2D eigenvalue weighted by Gasteiger charge is 2.11. The molecule has 3 nitrogen and oxygen atoms in total. The molecule has 2 heterocycles. The molecule has 2 aromatic heterocycles. The monoisotopic (exact) mass is 278 g/mol. The molecule has 0 saturated heterocycles. The number of thiophene rings is 1. The van der Waals surface area contributed by atoms with E-state index in [1.54, 1.807) is 11.3 Å². The van der Waals surface area contributed by atoms with Crippen molar-refractivity contribution in [2.75, 3.05) is 0 Å². The van der Waals surface area contributed by atoms with Crippen LogP contribution in [0.15, 0.2) is 19.6 Å². The third-order valence-corrected chi connectivity index (χ3v) is 3.36. The predicted octanol–water partition coefficient (Wildman–Crippen LogP) is 3.30. The summed E-state index contributed by atoms with van der Waals surface area (Å²) in [6, 6.07) is 0. The molecule has 2 rings (SSSR count). The summed E-state index contributed by atoms with van der Waals surface area (Å²) >= 11 is 10.5. The summed E-state index contributed by atoms with van der Waals surface area (Å²) in [5.74, 6) is 1.19. The van der Waals surface area contributed by atoms with Crippen LogP contribution in [0.4, 0.5) is 0 Å². The molecular formula is C7H4BrClN2OS. The molecule has 0 bridgehead atoms. The molecule has 0 aromatic carbocycles. The number of hydrogen-bond acceptors (Lipinski definition) is 4. The van der Waals surface area contributed by atoms with Crippen molar-refractivity contribution in [1.82, 2.24) is 10.2 Å². The third kappa shape index (κ3) is 1.77. The standard InChI is InChI=1S/C7H4BrClN2OS/c8-5-3-13-2-4(5)7-11-10-6(1-9)12-7/h2-3H,1H2. The minimum Gasteiger partial charge on any atom is -0.419 e. The fourth-order valence-electron chi connectivity index (χ4n) is 0.851. The van der Waals surface area contributed by atoms with Gasteiger partial charge in [-0.2, -0.15) is 11.3 Å². The molecule has 0 N–H and O–H groups in total. The summed E-state index contributed by atoms with van der Waals surface area (Å²) in [7, 11) is 0. The van der Waals surface area contributed by atoms with Crippen LogP contribution in [0.1, 0.15) is 5.89 Å². The summed E-state index contributed by atoms with van der Waals surface area (Å²) < 4.78 is 6.24. The zero-order valence-corrected chi connectivity index (χ0v) is 9.49. The van der Waals surface area contributed by atoms with E-state index >= 15 is 0 Å². The maximum Gasteiger partial charge on any atom is 0.249 e. The minimum atomic E-state index is 0.245. The molecule has 0 aliphatic rings. The van der Waals surface area contributed by atoms with E-state index in [4.69, 9.17) is 16.0 Å². The highest BCUT2D eigenvalue weighted by atomic mass is 79.9. The van der Waals surface area contributed by atoms with E-state index < -0.39 is 0 Å². The highest BCUT2D eigenvalue weighted by molar-refractivity contribution is 9.10. The molecule has 0 aliphatic heterocycles. The van der Waals surface area contributed by atoms with Crippen molar-refractivity contribution in [2.24, 2.45) is 0 Å². The molecule has 0 aliphatic carbocycles. The molecule has 0 spiro atoms. The molecule has 68 valence electrons. The summed E-state index contributed by atoms with van der Waals surface area (Å²) in [6.07, 6.45) is 0. The highest BCUT2D eigenvalue weighted by Crippen LogP contribution is 2.30. The third-order valence-electron chi connectivity index (χ3n) is 1.43. The Kier molecular flexibility index (Phi) is 2.66. The van der Waals surface area contributed by atoms with Gasteiger partial charge in [0.25, 0.3) is 0 Å². The Morgan fingerprint density at radius 3 is 2.85 bits per heavy atom. The van der Waals surface area contributed by atoms with Gasteiger partial charge < -0.3 is 4.42 Å². The van der Waals surface area contributed by atoms with Crippen molar-refractivity contribution < 1.29 is 4.42 Å². The number of nitrogens with zero attached hydrogens (tertiary/aromatic N) is 2. The zero-order valence-electron chi connectivity index (χ0n) is 6.33. The van der Waals surface area contributed by atoms with Gasteiger partial charge in [0.15, 0.2) is 0 Å². The van der Waals surface area contributed by atoms with E-state index in [1.807, 2.05) is 10.8 Å². The van der Waals surface area contributed by atoms with Gasteiger partial charge in [-0.05, 0) is 15.9 Å². The Balaban J connectivity index is 2.41. The second-order valence-electron chi connectivity index (χ2n) is 2.27. The normalized spacial score (nSPS) is 10.6. The van der Waals surface area contributed by atoms with Crippen LogP contribution in [0.3, 0.4) is 0 Å². The average Bonchev–Trinajstić information content (AvgIpc) is 2.71. The lowest BCUT2D eigenvalue weighted by Crippen LogP contribution is -1.74. The molecule has 0 fully saturated rings. The molecule has 0 unspecified atom stereocenters. The molecule has 6 heteroatoms. The molecule has 0 saturated carbocycles. The van der Waals surface area contributed by atoms with Crippen molar-refractivity contribution in [3.8, 4) is 11.5 Å². The van der Waals surface area contributed by atoms with Gasteiger partial charge in [-0.15, -0.1) is 21.8 Å². The fraction of sp³-hybridized carbons (Fsp3) is 0.143. The lowest BCUT2D eigenvalue weighted by Gasteiger charge is -1.88. The number of hydrogen-bond donors (Lipinski definition) is 0. The fourth-order valence-corrected chi connectivity index (χ4v) is 2.40. The van der Waals surface area contributed by atoms with Gasteiger partial charge >= 0.3 is 0 Å². The SMILES string of the molecule is ClCc1nnc(-c2cscc2Br)o1. The van der Waals surface area contributed by atoms with Gasteiger partial charge in [0.2, 0.25) is 11.8 Å². The van der Waals surface area contributed by atoms with E-state index in [0.29, 0.717) is 11.8 Å². The van der Waals surface area contributed by atoms with Crippen LogP contribution in [-0.4, -0.2) is 10.2 Å². The van der Waals surface area contributed by atoms with Crippen LogP contribution in [0.25, 0.3) is 11.5 Å². The Morgan fingerprint density at radius 1 is 1.46 bits per heavy atom. The predicted molar refractivity (Wildman–Crippen MR) is 54.9 cm³/mol. The van der Waals surface area contributed by atoms with E-state index in [2.05, 4.69) is 26.1 Å². The zero-order chi connectivity index (χ0) is 9.26. The van der Waals surface area contributed by atoms with Crippen LogP contribution < -0.4 is 0 Å². The van der Waals surface area contributed by atoms with Crippen LogP contribution in [0.5, 0.6) is 0 Å². The first kappa shape index (κ1) is 9.18. The first-order valence-corrected chi connectivity index (χ1v) is 5.68. The first-order chi connectivity index (χ1) is 6.31. The quantitative estimate of drug-likeness (QED) is 0.792. The molecule has 0 radical (unpaired) electrons. The second kappa shape index (κ2) is 3.77. The van der Waals surface area contributed by atoms with Gasteiger partial charge in [0.1, 0.15) is 5.88 Å². The summed E-state index contributed by atoms with van der Waals surface area (Å²) in [5, 5.41) is 11.5. The van der Waals surface area contributed by atoms with Crippen LogP contribution in [0.2, 0.25) is 0 Å². The maximum absolute atomic E-state index is 5.54. The van der Waals surface area contributed by atoms with E-state index in [1.165, 1.54) is 0 Å². The van der Waals surface area contributed by atoms with Gasteiger partial charge in [-0.25, -0.2) is 0 Å². The van der Waals surface area contributed by atoms with Crippen molar-refractivity contribution in [3.63, 3.8) is 0 Å². The molecule has 0 amide bonds. The number of halogens is 2.